The molecule has 0 fully saturated rings. The van der Waals surface area contributed by atoms with E-state index in [4.69, 9.17) is 9.84 Å². The fraction of sp³-hybridized carbons (Fsp3) is 0.263. The van der Waals surface area contributed by atoms with E-state index in [0.29, 0.717) is 12.4 Å². The van der Waals surface area contributed by atoms with Gasteiger partial charge in [0, 0.05) is 12.0 Å². The van der Waals surface area contributed by atoms with Crippen molar-refractivity contribution in [3.8, 4) is 5.75 Å². The van der Waals surface area contributed by atoms with Gasteiger partial charge in [0.2, 0.25) is 6.43 Å². The summed E-state index contributed by atoms with van der Waals surface area (Å²) in [6.07, 6.45) is -3.79. The van der Waals surface area contributed by atoms with Crippen LogP contribution in [0.4, 0.5) is 8.78 Å². The quantitative estimate of drug-likeness (QED) is 0.754. The van der Waals surface area contributed by atoms with Gasteiger partial charge < -0.3 is 15.2 Å². The van der Waals surface area contributed by atoms with Gasteiger partial charge in [-0.15, -0.1) is 0 Å². The molecule has 1 unspecified atom stereocenters. The van der Waals surface area contributed by atoms with E-state index < -0.39 is 30.8 Å². The molecule has 0 heterocycles. The summed E-state index contributed by atoms with van der Waals surface area (Å²) in [5.74, 6) is -1.84. The summed E-state index contributed by atoms with van der Waals surface area (Å²) < 4.78 is 30.5. The number of halogens is 2. The number of hydrogen-bond donors (Lipinski definition) is 2. The molecule has 7 heteroatoms. The molecule has 0 saturated carbocycles. The second-order valence-electron chi connectivity index (χ2n) is 5.80. The Morgan fingerprint density at radius 1 is 1.15 bits per heavy atom. The maximum absolute atomic E-state index is 12.4. The summed E-state index contributed by atoms with van der Waals surface area (Å²) in [7, 11) is 0. The number of carbonyl (C=O) groups excluding carboxylic acids is 1. The van der Waals surface area contributed by atoms with E-state index in [1.54, 1.807) is 12.1 Å². The monoisotopic (exact) mass is 363 g/mol. The van der Waals surface area contributed by atoms with E-state index in [1.807, 2.05) is 31.2 Å². The molecule has 2 aromatic rings. The molecule has 1 atom stereocenters. The summed E-state index contributed by atoms with van der Waals surface area (Å²) in [5, 5.41) is 11.0. The first kappa shape index (κ1) is 19.4. The maximum atomic E-state index is 12.4. The van der Waals surface area contributed by atoms with Gasteiger partial charge in [0.05, 0.1) is 0 Å². The molecule has 5 nitrogen and oxygen atoms in total. The van der Waals surface area contributed by atoms with Gasteiger partial charge in [0.25, 0.3) is 5.91 Å². The van der Waals surface area contributed by atoms with Crippen LogP contribution in [0.2, 0.25) is 0 Å². The first-order valence-corrected chi connectivity index (χ1v) is 7.95. The Labute approximate surface area is 149 Å². The van der Waals surface area contributed by atoms with Crippen molar-refractivity contribution in [1.82, 2.24) is 5.32 Å². The number of alkyl halides is 2. The lowest BCUT2D eigenvalue weighted by Crippen LogP contribution is -2.42. The Kier molecular flexibility index (Phi) is 6.66. The molecule has 2 aromatic carbocycles. The fourth-order valence-electron chi connectivity index (χ4n) is 2.34. The fourth-order valence-corrected chi connectivity index (χ4v) is 2.34. The number of carbonyl (C=O) groups is 2. The molecular weight excluding hydrogens is 344 g/mol. The predicted octanol–water partition coefficient (Wildman–Crippen LogP) is 3.41. The topological polar surface area (TPSA) is 75.6 Å². The van der Waals surface area contributed by atoms with Crippen LogP contribution in [-0.2, 0) is 11.4 Å². The smallest absolute Gasteiger partial charge is 0.326 e. The molecule has 0 aliphatic heterocycles. The van der Waals surface area contributed by atoms with E-state index in [-0.39, 0.29) is 5.56 Å². The third-order valence-electron chi connectivity index (χ3n) is 3.60. The van der Waals surface area contributed by atoms with E-state index in [0.717, 1.165) is 11.1 Å². The molecule has 138 valence electrons. The van der Waals surface area contributed by atoms with Crippen molar-refractivity contribution in [1.29, 1.82) is 0 Å². The third-order valence-corrected chi connectivity index (χ3v) is 3.60. The van der Waals surface area contributed by atoms with Crippen molar-refractivity contribution in [3.63, 3.8) is 0 Å². The molecule has 0 radical (unpaired) electrons. The van der Waals surface area contributed by atoms with Crippen LogP contribution >= 0.6 is 0 Å². The van der Waals surface area contributed by atoms with Crippen molar-refractivity contribution in [2.45, 2.75) is 32.4 Å². The SMILES string of the molecule is Cc1cccc(COc2cccc(C(=O)NC(CC(F)F)C(=O)O)c2)c1. The lowest BCUT2D eigenvalue weighted by Gasteiger charge is -2.14. The van der Waals surface area contributed by atoms with E-state index in [1.165, 1.54) is 12.1 Å². The highest BCUT2D eigenvalue weighted by molar-refractivity contribution is 5.96. The molecule has 0 bridgehead atoms. The van der Waals surface area contributed by atoms with Gasteiger partial charge in [0.15, 0.2) is 0 Å². The van der Waals surface area contributed by atoms with Gasteiger partial charge in [-0.3, -0.25) is 4.79 Å². The van der Waals surface area contributed by atoms with Crippen LogP contribution in [-0.4, -0.2) is 29.5 Å². The number of aryl methyl sites for hydroxylation is 1. The summed E-state index contributed by atoms with van der Waals surface area (Å²) in [5.41, 5.74) is 2.19. The standard InChI is InChI=1S/C19H19F2NO4/c1-12-4-2-5-13(8-12)11-26-15-7-3-6-14(9-15)18(23)22-16(19(24)25)10-17(20)21/h2-9,16-17H,10-11H2,1H3,(H,22,23)(H,24,25). The number of amides is 1. The summed E-state index contributed by atoms with van der Waals surface area (Å²) >= 11 is 0. The van der Waals surface area contributed by atoms with Crippen LogP contribution in [0.1, 0.15) is 27.9 Å². The molecule has 0 spiro atoms. The van der Waals surface area contributed by atoms with Crippen molar-refractivity contribution in [2.24, 2.45) is 0 Å². The molecule has 1 amide bonds. The molecule has 0 aromatic heterocycles. The first-order chi connectivity index (χ1) is 12.3. The number of rotatable bonds is 8. The van der Waals surface area contributed by atoms with Gasteiger partial charge in [-0.25, -0.2) is 13.6 Å². The van der Waals surface area contributed by atoms with Crippen LogP contribution in [0.25, 0.3) is 0 Å². The predicted molar refractivity (Wildman–Crippen MR) is 91.5 cm³/mol. The zero-order chi connectivity index (χ0) is 19.1. The van der Waals surface area contributed by atoms with Gasteiger partial charge in [0.1, 0.15) is 18.4 Å². The molecular formula is C19H19F2NO4. The molecule has 0 aliphatic rings. The minimum atomic E-state index is -2.83. The number of hydrogen-bond acceptors (Lipinski definition) is 3. The summed E-state index contributed by atoms with van der Waals surface area (Å²) in [6.45, 7) is 2.27. The number of benzene rings is 2. The van der Waals surface area contributed by atoms with Crippen molar-refractivity contribution in [3.05, 3.63) is 65.2 Å². The van der Waals surface area contributed by atoms with Crippen LogP contribution < -0.4 is 10.1 Å². The Morgan fingerprint density at radius 2 is 1.88 bits per heavy atom. The molecule has 2 N–H and O–H groups in total. The normalized spacial score (nSPS) is 11.8. The van der Waals surface area contributed by atoms with E-state index in [9.17, 15) is 18.4 Å². The van der Waals surface area contributed by atoms with E-state index in [2.05, 4.69) is 5.32 Å². The maximum Gasteiger partial charge on any atom is 0.326 e. The lowest BCUT2D eigenvalue weighted by molar-refractivity contribution is -0.140. The van der Waals surface area contributed by atoms with Crippen molar-refractivity contribution in [2.75, 3.05) is 0 Å². The Morgan fingerprint density at radius 3 is 2.54 bits per heavy atom. The summed E-state index contributed by atoms with van der Waals surface area (Å²) in [6, 6.07) is 12.2. The second-order valence-corrected chi connectivity index (χ2v) is 5.80. The highest BCUT2D eigenvalue weighted by Crippen LogP contribution is 2.16. The summed E-state index contributed by atoms with van der Waals surface area (Å²) in [4.78, 5) is 23.1. The number of ether oxygens (including phenoxy) is 1. The van der Waals surface area contributed by atoms with E-state index >= 15 is 0 Å². The molecule has 2 rings (SSSR count). The largest absolute Gasteiger partial charge is 0.489 e. The van der Waals surface area contributed by atoms with Crippen LogP contribution in [0.3, 0.4) is 0 Å². The molecule has 0 saturated heterocycles. The average molecular weight is 363 g/mol. The Balaban J connectivity index is 2.03. The highest BCUT2D eigenvalue weighted by Gasteiger charge is 2.24. The Hall–Kier alpha value is -2.96. The lowest BCUT2D eigenvalue weighted by atomic mass is 10.1. The molecule has 0 aliphatic carbocycles. The number of aliphatic carboxylic acids is 1. The van der Waals surface area contributed by atoms with Gasteiger partial charge in [-0.1, -0.05) is 35.9 Å². The minimum Gasteiger partial charge on any atom is -0.489 e. The minimum absolute atomic E-state index is 0.132. The Bertz CT molecular complexity index is 780. The number of nitrogens with one attached hydrogen (secondary N) is 1. The van der Waals surface area contributed by atoms with Crippen molar-refractivity contribution < 1.29 is 28.2 Å². The van der Waals surface area contributed by atoms with Gasteiger partial charge in [-0.05, 0) is 30.7 Å². The zero-order valence-electron chi connectivity index (χ0n) is 14.1. The number of carboxylic acid groups (broad SMARTS) is 1. The van der Waals surface area contributed by atoms with Gasteiger partial charge >= 0.3 is 5.97 Å². The average Bonchev–Trinajstić information content (AvgIpc) is 2.59. The van der Waals surface area contributed by atoms with Crippen LogP contribution in [0, 0.1) is 6.92 Å². The highest BCUT2D eigenvalue weighted by atomic mass is 19.3. The van der Waals surface area contributed by atoms with Crippen LogP contribution in [0.15, 0.2) is 48.5 Å². The van der Waals surface area contributed by atoms with Gasteiger partial charge in [-0.2, -0.15) is 0 Å². The third kappa shape index (κ3) is 5.84. The number of carboxylic acids is 1. The zero-order valence-corrected chi connectivity index (χ0v) is 14.1. The first-order valence-electron chi connectivity index (χ1n) is 7.95. The second kappa shape index (κ2) is 8.94. The van der Waals surface area contributed by atoms with Crippen molar-refractivity contribution >= 4 is 11.9 Å². The van der Waals surface area contributed by atoms with Crippen LogP contribution in [0.5, 0.6) is 5.75 Å². The molecule has 26 heavy (non-hydrogen) atoms.